The van der Waals surface area contributed by atoms with E-state index in [0.717, 1.165) is 17.5 Å². The molecule has 14 heavy (non-hydrogen) atoms. The number of nitrogens with zero attached hydrogens (tertiary/aromatic N) is 1. The minimum absolute atomic E-state index is 0.521. The van der Waals surface area contributed by atoms with Crippen LogP contribution in [0, 0.1) is 4.64 Å². The van der Waals surface area contributed by atoms with Crippen molar-refractivity contribution in [1.29, 1.82) is 0 Å². The van der Waals surface area contributed by atoms with Crippen LogP contribution in [-0.2, 0) is 0 Å². The number of aromatic nitrogens is 2. The highest BCUT2D eigenvalue weighted by atomic mass is 32.1. The molecule has 1 rings (SSSR count). The van der Waals surface area contributed by atoms with Crippen molar-refractivity contribution in [3.8, 4) is 0 Å². The summed E-state index contributed by atoms with van der Waals surface area (Å²) in [4.78, 5) is 0. The summed E-state index contributed by atoms with van der Waals surface area (Å²) in [6.07, 6.45) is 2.26. The minimum atomic E-state index is 0.521. The molecule has 0 fully saturated rings. The molecule has 0 unspecified atom stereocenters. The van der Waals surface area contributed by atoms with E-state index in [4.69, 9.17) is 12.2 Å². The van der Waals surface area contributed by atoms with Gasteiger partial charge in [0, 0.05) is 5.69 Å². The normalized spacial score (nSPS) is 11.6. The molecule has 0 atom stereocenters. The van der Waals surface area contributed by atoms with Gasteiger partial charge in [-0.05, 0) is 24.8 Å². The third-order valence-electron chi connectivity index (χ3n) is 2.70. The fraction of sp³-hybridized carbons (Fsp3) is 0.727. The third kappa shape index (κ3) is 2.27. The molecule has 0 aromatic carbocycles. The summed E-state index contributed by atoms with van der Waals surface area (Å²) in [6.45, 7) is 8.76. The van der Waals surface area contributed by atoms with Crippen molar-refractivity contribution in [3.05, 3.63) is 16.4 Å². The van der Waals surface area contributed by atoms with Gasteiger partial charge < -0.3 is 5.10 Å². The second kappa shape index (κ2) is 4.78. The molecule has 2 nitrogen and oxygen atoms in total. The molecule has 80 valence electrons. The van der Waals surface area contributed by atoms with E-state index in [2.05, 4.69) is 43.5 Å². The van der Waals surface area contributed by atoms with Gasteiger partial charge in [-0.25, -0.2) is 0 Å². The van der Waals surface area contributed by atoms with Gasteiger partial charge in [0.05, 0.1) is 6.04 Å². The lowest BCUT2D eigenvalue weighted by atomic mass is 10.1. The predicted molar refractivity (Wildman–Crippen MR) is 63.3 cm³/mol. The Morgan fingerprint density at radius 1 is 1.36 bits per heavy atom. The number of hydrogen-bond donors (Lipinski definition) is 1. The van der Waals surface area contributed by atoms with Crippen molar-refractivity contribution in [3.63, 3.8) is 0 Å². The van der Waals surface area contributed by atoms with Gasteiger partial charge in [-0.3, -0.25) is 4.68 Å². The van der Waals surface area contributed by atoms with Crippen LogP contribution < -0.4 is 0 Å². The molecule has 1 heterocycles. The van der Waals surface area contributed by atoms with Crippen LogP contribution in [0.1, 0.15) is 58.2 Å². The summed E-state index contributed by atoms with van der Waals surface area (Å²) in [6, 6.07) is 2.60. The summed E-state index contributed by atoms with van der Waals surface area (Å²) in [5.41, 5.74) is 1.24. The van der Waals surface area contributed by atoms with Gasteiger partial charge in [0.1, 0.15) is 4.64 Å². The first kappa shape index (κ1) is 11.5. The summed E-state index contributed by atoms with van der Waals surface area (Å²) in [7, 11) is 0. The molecule has 1 N–H and O–H groups in total. The summed E-state index contributed by atoms with van der Waals surface area (Å²) in [5.74, 6) is 0.521. The number of aromatic amines is 1. The number of hydrogen-bond acceptors (Lipinski definition) is 1. The Kier molecular flexibility index (Phi) is 3.93. The maximum Gasteiger partial charge on any atom is 0.122 e. The van der Waals surface area contributed by atoms with Crippen LogP contribution in [0.4, 0.5) is 0 Å². The Labute approximate surface area is 91.3 Å². The quantitative estimate of drug-likeness (QED) is 0.747. The molecular formula is C11H20N2S. The lowest BCUT2D eigenvalue weighted by Crippen LogP contribution is -2.09. The zero-order chi connectivity index (χ0) is 10.7. The Balaban J connectivity index is 3.03. The highest BCUT2D eigenvalue weighted by Gasteiger charge is 2.10. The molecule has 3 heteroatoms. The van der Waals surface area contributed by atoms with Gasteiger partial charge in [-0.2, -0.15) is 0 Å². The molecule has 0 aliphatic rings. The summed E-state index contributed by atoms with van der Waals surface area (Å²) < 4.78 is 3.06. The first-order valence-corrected chi connectivity index (χ1v) is 5.82. The Bertz CT molecular complexity index is 331. The summed E-state index contributed by atoms with van der Waals surface area (Å²) in [5, 5.41) is 3.40. The standard InChI is InChI=1S/C11H20N2S/c1-5-9(6-2)13-11(14)7-10(12-13)8(3)4/h7-9,12H,5-6H2,1-4H3. The van der Waals surface area contributed by atoms with Crippen LogP contribution in [0.25, 0.3) is 0 Å². The Morgan fingerprint density at radius 3 is 2.29 bits per heavy atom. The van der Waals surface area contributed by atoms with E-state index in [1.807, 2.05) is 0 Å². The van der Waals surface area contributed by atoms with Crippen molar-refractivity contribution < 1.29 is 0 Å². The van der Waals surface area contributed by atoms with Gasteiger partial charge in [0.2, 0.25) is 0 Å². The van der Waals surface area contributed by atoms with Crippen LogP contribution in [0.3, 0.4) is 0 Å². The summed E-state index contributed by atoms with van der Waals surface area (Å²) >= 11 is 5.33. The monoisotopic (exact) mass is 212 g/mol. The largest absolute Gasteiger partial charge is 0.301 e. The highest BCUT2D eigenvalue weighted by Crippen LogP contribution is 2.19. The molecule has 1 aromatic heterocycles. The minimum Gasteiger partial charge on any atom is -0.301 e. The first-order valence-electron chi connectivity index (χ1n) is 5.41. The van der Waals surface area contributed by atoms with Crippen molar-refractivity contribution in [2.24, 2.45) is 0 Å². The zero-order valence-electron chi connectivity index (χ0n) is 9.50. The molecule has 0 aliphatic heterocycles. The second-order valence-electron chi connectivity index (χ2n) is 4.04. The highest BCUT2D eigenvalue weighted by molar-refractivity contribution is 7.71. The molecule has 0 amide bonds. The Hall–Kier alpha value is -0.570. The second-order valence-corrected chi connectivity index (χ2v) is 4.46. The SMILES string of the molecule is CCC(CC)n1[nH]c(C(C)C)cc1=S. The van der Waals surface area contributed by atoms with Crippen LogP contribution in [0.5, 0.6) is 0 Å². The smallest absolute Gasteiger partial charge is 0.122 e. The lowest BCUT2D eigenvalue weighted by Gasteiger charge is -2.14. The molecule has 0 spiro atoms. The van der Waals surface area contributed by atoms with Crippen molar-refractivity contribution >= 4 is 12.2 Å². The van der Waals surface area contributed by atoms with Crippen LogP contribution in [0.2, 0.25) is 0 Å². The maximum absolute atomic E-state index is 5.33. The van der Waals surface area contributed by atoms with E-state index in [1.54, 1.807) is 0 Å². The van der Waals surface area contributed by atoms with E-state index in [9.17, 15) is 0 Å². The maximum atomic E-state index is 5.33. The van der Waals surface area contributed by atoms with E-state index < -0.39 is 0 Å². The lowest BCUT2D eigenvalue weighted by molar-refractivity contribution is 0.420. The van der Waals surface area contributed by atoms with Crippen molar-refractivity contribution in [1.82, 2.24) is 9.78 Å². The van der Waals surface area contributed by atoms with Gasteiger partial charge in [-0.1, -0.05) is 39.9 Å². The van der Waals surface area contributed by atoms with Crippen LogP contribution in [-0.4, -0.2) is 9.78 Å². The van der Waals surface area contributed by atoms with Gasteiger partial charge in [0.15, 0.2) is 0 Å². The van der Waals surface area contributed by atoms with Crippen molar-refractivity contribution in [2.75, 3.05) is 0 Å². The molecule has 0 saturated carbocycles. The van der Waals surface area contributed by atoms with E-state index in [-0.39, 0.29) is 0 Å². The average molecular weight is 212 g/mol. The fourth-order valence-corrected chi connectivity index (χ4v) is 1.97. The van der Waals surface area contributed by atoms with Crippen LogP contribution in [0.15, 0.2) is 6.07 Å². The molecule has 0 bridgehead atoms. The van der Waals surface area contributed by atoms with Gasteiger partial charge in [-0.15, -0.1) is 0 Å². The molecule has 1 aromatic rings. The molecule has 0 saturated heterocycles. The molecule has 0 aliphatic carbocycles. The first-order chi connectivity index (χ1) is 6.60. The fourth-order valence-electron chi connectivity index (χ4n) is 1.65. The zero-order valence-corrected chi connectivity index (χ0v) is 10.3. The van der Waals surface area contributed by atoms with Gasteiger partial charge in [0.25, 0.3) is 0 Å². The van der Waals surface area contributed by atoms with E-state index in [0.29, 0.717) is 12.0 Å². The van der Waals surface area contributed by atoms with E-state index in [1.165, 1.54) is 5.69 Å². The third-order valence-corrected chi connectivity index (χ3v) is 3.01. The average Bonchev–Trinajstić information content (AvgIpc) is 2.51. The Morgan fingerprint density at radius 2 is 1.93 bits per heavy atom. The molecule has 0 radical (unpaired) electrons. The topological polar surface area (TPSA) is 20.7 Å². The predicted octanol–water partition coefficient (Wildman–Crippen LogP) is 4.03. The molecular weight excluding hydrogens is 192 g/mol. The number of nitrogens with one attached hydrogen (secondary N) is 1. The van der Waals surface area contributed by atoms with Crippen molar-refractivity contribution in [2.45, 2.75) is 52.5 Å². The van der Waals surface area contributed by atoms with Crippen LogP contribution >= 0.6 is 12.2 Å². The number of H-pyrrole nitrogens is 1. The number of rotatable bonds is 4. The van der Waals surface area contributed by atoms with Gasteiger partial charge >= 0.3 is 0 Å². The van der Waals surface area contributed by atoms with E-state index >= 15 is 0 Å².